The maximum Gasteiger partial charge on any atom is 0.317 e. The number of hydrogen-bond acceptors (Lipinski definition) is 4. The second kappa shape index (κ2) is 7.29. The van der Waals surface area contributed by atoms with Crippen molar-refractivity contribution < 1.29 is 19.1 Å². The fourth-order valence-electron chi connectivity index (χ4n) is 1.42. The number of carboxylic acid groups (broad SMARTS) is 1. The number of rotatable bonds is 8. The molecule has 0 aliphatic rings. The molecule has 0 aliphatic carbocycles. The van der Waals surface area contributed by atoms with Gasteiger partial charge in [-0.1, -0.05) is 6.08 Å². The molecular weight excluding hydrogens is 236 g/mol. The van der Waals surface area contributed by atoms with E-state index in [1.807, 2.05) is 0 Å². The maximum atomic E-state index is 11.6. The molecule has 18 heavy (non-hydrogen) atoms. The monoisotopic (exact) mass is 252 g/mol. The third kappa shape index (κ3) is 5.31. The van der Waals surface area contributed by atoms with Crippen LogP contribution in [0.3, 0.4) is 0 Å². The van der Waals surface area contributed by atoms with Crippen LogP contribution in [-0.2, 0) is 16.1 Å². The fraction of sp³-hybridized carbons (Fsp3) is 0.333. The van der Waals surface area contributed by atoms with Crippen molar-refractivity contribution >= 4 is 11.9 Å². The van der Waals surface area contributed by atoms with Gasteiger partial charge >= 0.3 is 5.97 Å². The van der Waals surface area contributed by atoms with E-state index in [-0.39, 0.29) is 19.0 Å². The van der Waals surface area contributed by atoms with E-state index in [4.69, 9.17) is 9.52 Å². The quantitative estimate of drug-likeness (QED) is 0.657. The second-order valence-electron chi connectivity index (χ2n) is 3.71. The topological polar surface area (TPSA) is 82.8 Å². The van der Waals surface area contributed by atoms with Crippen molar-refractivity contribution in [3.63, 3.8) is 0 Å². The molecule has 0 spiro atoms. The minimum Gasteiger partial charge on any atom is -0.480 e. The van der Waals surface area contributed by atoms with Crippen molar-refractivity contribution in [2.45, 2.75) is 6.54 Å². The number of furan rings is 1. The van der Waals surface area contributed by atoms with Crippen molar-refractivity contribution in [2.24, 2.45) is 0 Å². The molecule has 0 radical (unpaired) electrons. The van der Waals surface area contributed by atoms with Gasteiger partial charge in [-0.3, -0.25) is 14.5 Å². The van der Waals surface area contributed by atoms with Gasteiger partial charge < -0.3 is 14.8 Å². The predicted molar refractivity (Wildman–Crippen MR) is 64.8 cm³/mol. The van der Waals surface area contributed by atoms with Gasteiger partial charge in [0.1, 0.15) is 5.76 Å². The Bertz CT molecular complexity index is 400. The van der Waals surface area contributed by atoms with Gasteiger partial charge in [0.2, 0.25) is 5.91 Å². The number of nitrogens with zero attached hydrogens (tertiary/aromatic N) is 1. The molecular formula is C12H16N2O4. The predicted octanol–water partition coefficient (Wildman–Crippen LogP) is 0.468. The van der Waals surface area contributed by atoms with Crippen LogP contribution >= 0.6 is 0 Å². The van der Waals surface area contributed by atoms with Gasteiger partial charge in [-0.05, 0) is 12.1 Å². The second-order valence-corrected chi connectivity index (χ2v) is 3.71. The Labute approximate surface area is 105 Å². The Morgan fingerprint density at radius 1 is 1.50 bits per heavy atom. The van der Waals surface area contributed by atoms with Crippen LogP contribution in [-0.4, -0.2) is 41.5 Å². The largest absolute Gasteiger partial charge is 0.480 e. The first-order valence-electron chi connectivity index (χ1n) is 5.46. The molecule has 98 valence electrons. The third-order valence-corrected chi connectivity index (χ3v) is 2.15. The summed E-state index contributed by atoms with van der Waals surface area (Å²) in [7, 11) is 0. The molecule has 1 rings (SSSR count). The summed E-state index contributed by atoms with van der Waals surface area (Å²) in [4.78, 5) is 23.7. The number of carbonyl (C=O) groups excluding carboxylic acids is 1. The summed E-state index contributed by atoms with van der Waals surface area (Å²) in [5.41, 5.74) is 0. The molecule has 1 aromatic rings. The molecule has 0 unspecified atom stereocenters. The lowest BCUT2D eigenvalue weighted by molar-refractivity contribution is -0.138. The molecule has 0 atom stereocenters. The highest BCUT2D eigenvalue weighted by Crippen LogP contribution is 1.98. The average Bonchev–Trinajstić information content (AvgIpc) is 2.78. The highest BCUT2D eigenvalue weighted by atomic mass is 16.4. The SMILES string of the molecule is C=CCN(CC(=O)O)CC(=O)NCc1ccco1. The molecule has 0 saturated heterocycles. The van der Waals surface area contributed by atoms with Crippen molar-refractivity contribution in [3.8, 4) is 0 Å². The first kappa shape index (κ1) is 14.0. The molecule has 0 aromatic carbocycles. The zero-order chi connectivity index (χ0) is 13.4. The van der Waals surface area contributed by atoms with Crippen molar-refractivity contribution in [1.29, 1.82) is 0 Å². The van der Waals surface area contributed by atoms with E-state index in [2.05, 4.69) is 11.9 Å². The summed E-state index contributed by atoms with van der Waals surface area (Å²) in [5, 5.41) is 11.3. The van der Waals surface area contributed by atoms with Crippen LogP contribution in [0.5, 0.6) is 0 Å². The molecule has 0 bridgehead atoms. The summed E-state index contributed by atoms with van der Waals surface area (Å²) in [5.74, 6) is -0.581. The third-order valence-electron chi connectivity index (χ3n) is 2.15. The molecule has 1 aromatic heterocycles. The Hall–Kier alpha value is -2.08. The molecule has 1 heterocycles. The molecule has 0 saturated carbocycles. The smallest absolute Gasteiger partial charge is 0.317 e. The highest BCUT2D eigenvalue weighted by Gasteiger charge is 2.12. The van der Waals surface area contributed by atoms with Crippen LogP contribution in [0, 0.1) is 0 Å². The number of aliphatic carboxylic acids is 1. The van der Waals surface area contributed by atoms with Gasteiger partial charge in [0, 0.05) is 6.54 Å². The number of carbonyl (C=O) groups is 2. The first-order valence-corrected chi connectivity index (χ1v) is 5.46. The summed E-state index contributed by atoms with van der Waals surface area (Å²) in [6.07, 6.45) is 3.08. The summed E-state index contributed by atoms with van der Waals surface area (Å²) < 4.78 is 5.06. The van der Waals surface area contributed by atoms with Gasteiger partial charge in [-0.25, -0.2) is 0 Å². The van der Waals surface area contributed by atoms with E-state index in [1.54, 1.807) is 18.2 Å². The molecule has 6 nitrogen and oxygen atoms in total. The Balaban J connectivity index is 2.35. The van der Waals surface area contributed by atoms with Gasteiger partial charge in [-0.15, -0.1) is 6.58 Å². The van der Waals surface area contributed by atoms with Gasteiger partial charge in [0.05, 0.1) is 25.9 Å². The van der Waals surface area contributed by atoms with E-state index < -0.39 is 5.97 Å². The summed E-state index contributed by atoms with van der Waals surface area (Å²) in [6.45, 7) is 3.98. The highest BCUT2D eigenvalue weighted by molar-refractivity contribution is 5.79. The van der Waals surface area contributed by atoms with Gasteiger partial charge in [-0.2, -0.15) is 0 Å². The molecule has 1 amide bonds. The summed E-state index contributed by atoms with van der Waals surface area (Å²) in [6, 6.07) is 3.48. The normalized spacial score (nSPS) is 10.3. The van der Waals surface area contributed by atoms with Crippen molar-refractivity contribution in [1.82, 2.24) is 10.2 Å². The lowest BCUT2D eigenvalue weighted by Crippen LogP contribution is -2.39. The van der Waals surface area contributed by atoms with Crippen LogP contribution in [0.4, 0.5) is 0 Å². The van der Waals surface area contributed by atoms with Crippen LogP contribution in [0.25, 0.3) is 0 Å². The number of carboxylic acids is 1. The van der Waals surface area contributed by atoms with Crippen LogP contribution in [0.2, 0.25) is 0 Å². The van der Waals surface area contributed by atoms with E-state index in [0.717, 1.165) is 0 Å². The fourth-order valence-corrected chi connectivity index (χ4v) is 1.42. The standard InChI is InChI=1S/C12H16N2O4/c1-2-5-14(9-12(16)17)8-11(15)13-7-10-4-3-6-18-10/h2-4,6H,1,5,7-9H2,(H,13,15)(H,16,17). The lowest BCUT2D eigenvalue weighted by Gasteiger charge is -2.17. The maximum absolute atomic E-state index is 11.6. The number of nitrogens with one attached hydrogen (secondary N) is 1. The summed E-state index contributed by atoms with van der Waals surface area (Å²) >= 11 is 0. The van der Waals surface area contributed by atoms with E-state index >= 15 is 0 Å². The van der Waals surface area contributed by atoms with Crippen molar-refractivity contribution in [3.05, 3.63) is 36.8 Å². The van der Waals surface area contributed by atoms with Gasteiger partial charge in [0.25, 0.3) is 0 Å². The van der Waals surface area contributed by atoms with E-state index in [9.17, 15) is 9.59 Å². The Morgan fingerprint density at radius 2 is 2.28 bits per heavy atom. The first-order chi connectivity index (χ1) is 8.61. The molecule has 2 N–H and O–H groups in total. The van der Waals surface area contributed by atoms with E-state index in [0.29, 0.717) is 18.8 Å². The Morgan fingerprint density at radius 3 is 2.83 bits per heavy atom. The molecule has 6 heteroatoms. The van der Waals surface area contributed by atoms with Crippen LogP contribution in [0.1, 0.15) is 5.76 Å². The molecule has 0 aliphatic heterocycles. The zero-order valence-corrected chi connectivity index (χ0v) is 9.96. The lowest BCUT2D eigenvalue weighted by atomic mass is 10.4. The molecule has 0 fully saturated rings. The van der Waals surface area contributed by atoms with Crippen LogP contribution in [0.15, 0.2) is 35.5 Å². The van der Waals surface area contributed by atoms with Crippen molar-refractivity contribution in [2.75, 3.05) is 19.6 Å². The minimum atomic E-state index is -0.976. The van der Waals surface area contributed by atoms with E-state index in [1.165, 1.54) is 11.2 Å². The number of amides is 1. The number of hydrogen-bond donors (Lipinski definition) is 2. The zero-order valence-electron chi connectivity index (χ0n) is 9.96. The minimum absolute atomic E-state index is 0.0129. The van der Waals surface area contributed by atoms with Crippen LogP contribution < -0.4 is 5.32 Å². The van der Waals surface area contributed by atoms with Gasteiger partial charge in [0.15, 0.2) is 0 Å². The average molecular weight is 252 g/mol. The Kier molecular flexibility index (Phi) is 5.66.